The number of carbonyl (C=O) groups excluding carboxylic acids is 1. The van der Waals surface area contributed by atoms with Crippen molar-refractivity contribution in [3.63, 3.8) is 0 Å². The smallest absolute Gasteiger partial charge is 0.265 e. The minimum atomic E-state index is -0.684. The minimum absolute atomic E-state index is 0.105. The largest absolute Gasteiger partial charge is 0.476 e. The van der Waals surface area contributed by atoms with Crippen molar-refractivity contribution in [3.05, 3.63) is 77.3 Å². The van der Waals surface area contributed by atoms with E-state index < -0.39 is 11.5 Å². The van der Waals surface area contributed by atoms with E-state index in [0.717, 1.165) is 22.4 Å². The third kappa shape index (κ3) is 4.80. The average molecular weight is 491 g/mol. The molecular weight excluding hydrogens is 467 g/mol. The number of amides is 1. The van der Waals surface area contributed by atoms with Gasteiger partial charge in [0.1, 0.15) is 5.82 Å². The van der Waals surface area contributed by atoms with E-state index in [-0.39, 0.29) is 11.7 Å². The minimum Gasteiger partial charge on any atom is -0.476 e. The summed E-state index contributed by atoms with van der Waals surface area (Å²) in [5.74, 6) is 0.189. The van der Waals surface area contributed by atoms with E-state index in [1.807, 2.05) is 18.2 Å². The van der Waals surface area contributed by atoms with Gasteiger partial charge in [-0.05, 0) is 66.8 Å². The van der Waals surface area contributed by atoms with Crippen LogP contribution in [0.4, 0.5) is 10.1 Å². The molecule has 1 amide bonds. The number of aromatic nitrogens is 1. The van der Waals surface area contributed by atoms with Gasteiger partial charge in [-0.25, -0.2) is 4.39 Å². The SMILES string of the molecule is N#CC1(Cc2ccc(F)cc2)CCN(C(=O)C2CNc3cc(Cl)cc(-c4ccncc4)c3O2)CC1. The zero-order valence-electron chi connectivity index (χ0n) is 19.0. The Kier molecular flexibility index (Phi) is 6.31. The van der Waals surface area contributed by atoms with Crippen LogP contribution >= 0.6 is 11.6 Å². The van der Waals surface area contributed by atoms with Crippen LogP contribution in [0.1, 0.15) is 18.4 Å². The predicted molar refractivity (Wildman–Crippen MR) is 132 cm³/mol. The normalized spacial score (nSPS) is 18.5. The van der Waals surface area contributed by atoms with Gasteiger partial charge in [-0.3, -0.25) is 9.78 Å². The molecule has 2 aliphatic rings. The monoisotopic (exact) mass is 490 g/mol. The van der Waals surface area contributed by atoms with Gasteiger partial charge in [0.15, 0.2) is 11.9 Å². The molecule has 8 heteroatoms. The highest BCUT2D eigenvalue weighted by molar-refractivity contribution is 6.31. The molecule has 1 unspecified atom stereocenters. The number of pyridine rings is 1. The topological polar surface area (TPSA) is 78.3 Å². The number of likely N-dealkylation sites (tertiary alicyclic amines) is 1. The molecule has 35 heavy (non-hydrogen) atoms. The first-order valence-electron chi connectivity index (χ1n) is 11.6. The van der Waals surface area contributed by atoms with Crippen molar-refractivity contribution in [2.45, 2.75) is 25.4 Å². The van der Waals surface area contributed by atoms with Gasteiger partial charge in [-0.1, -0.05) is 23.7 Å². The number of hydrogen-bond donors (Lipinski definition) is 1. The number of ether oxygens (including phenoxy) is 1. The standard InChI is InChI=1S/C27H24ClFN4O2/c28-20-13-22(19-5-9-31-10-6-19)25-23(14-20)32-16-24(35-25)26(34)33-11-7-27(17-30,8-12-33)15-18-1-3-21(29)4-2-18/h1-6,9-10,13-14,24,32H,7-8,11-12,15-16H2. The molecule has 1 atom stereocenters. The van der Waals surface area contributed by atoms with E-state index in [1.54, 1.807) is 35.5 Å². The van der Waals surface area contributed by atoms with Crippen molar-refractivity contribution >= 4 is 23.2 Å². The summed E-state index contributed by atoms with van der Waals surface area (Å²) in [5, 5.41) is 13.8. The highest BCUT2D eigenvalue weighted by atomic mass is 35.5. The summed E-state index contributed by atoms with van der Waals surface area (Å²) in [4.78, 5) is 19.2. The van der Waals surface area contributed by atoms with Crippen molar-refractivity contribution in [1.29, 1.82) is 5.26 Å². The van der Waals surface area contributed by atoms with Crippen LogP contribution in [0.25, 0.3) is 11.1 Å². The van der Waals surface area contributed by atoms with Crippen LogP contribution < -0.4 is 10.1 Å². The van der Waals surface area contributed by atoms with Crippen LogP contribution in [0, 0.1) is 22.6 Å². The first kappa shape index (κ1) is 23.1. The maximum absolute atomic E-state index is 13.4. The van der Waals surface area contributed by atoms with Gasteiger partial charge in [0.25, 0.3) is 5.91 Å². The summed E-state index contributed by atoms with van der Waals surface area (Å²) < 4.78 is 19.5. The van der Waals surface area contributed by atoms with Gasteiger partial charge >= 0.3 is 0 Å². The number of fused-ring (bicyclic) bond motifs is 1. The predicted octanol–water partition coefficient (Wildman–Crippen LogP) is 5.09. The Hall–Kier alpha value is -3.63. The Bertz CT molecular complexity index is 1270. The van der Waals surface area contributed by atoms with Gasteiger partial charge in [0, 0.05) is 36.1 Å². The van der Waals surface area contributed by atoms with Crippen molar-refractivity contribution in [2.75, 3.05) is 25.0 Å². The molecule has 0 spiro atoms. The van der Waals surface area contributed by atoms with Crippen molar-refractivity contribution in [2.24, 2.45) is 5.41 Å². The summed E-state index contributed by atoms with van der Waals surface area (Å²) in [6.07, 6.45) is 4.36. The second-order valence-electron chi connectivity index (χ2n) is 9.07. The lowest BCUT2D eigenvalue weighted by atomic mass is 9.75. The molecule has 3 aromatic rings. The molecule has 2 aliphatic heterocycles. The van der Waals surface area contributed by atoms with Crippen molar-refractivity contribution < 1.29 is 13.9 Å². The zero-order valence-corrected chi connectivity index (χ0v) is 19.8. The highest BCUT2D eigenvalue weighted by Gasteiger charge is 2.39. The maximum atomic E-state index is 13.4. The van der Waals surface area contributed by atoms with Crippen LogP contribution in [0.5, 0.6) is 5.75 Å². The molecule has 178 valence electrons. The molecule has 1 saturated heterocycles. The molecule has 0 radical (unpaired) electrons. The van der Waals surface area contributed by atoms with Crippen molar-refractivity contribution in [3.8, 4) is 22.9 Å². The van der Waals surface area contributed by atoms with E-state index >= 15 is 0 Å². The molecule has 5 rings (SSSR count). The van der Waals surface area contributed by atoms with E-state index in [9.17, 15) is 14.4 Å². The summed E-state index contributed by atoms with van der Waals surface area (Å²) in [7, 11) is 0. The Morgan fingerprint density at radius 2 is 1.91 bits per heavy atom. The van der Waals surface area contributed by atoms with E-state index in [1.165, 1.54) is 12.1 Å². The Balaban J connectivity index is 1.29. The fourth-order valence-corrected chi connectivity index (χ4v) is 5.02. The number of rotatable bonds is 4. The van der Waals surface area contributed by atoms with Gasteiger partial charge in [0.05, 0.1) is 23.7 Å². The molecule has 0 aliphatic carbocycles. The first-order valence-corrected chi connectivity index (χ1v) is 11.9. The van der Waals surface area contributed by atoms with Crippen LogP contribution in [0.3, 0.4) is 0 Å². The molecule has 6 nitrogen and oxygen atoms in total. The van der Waals surface area contributed by atoms with E-state index in [0.29, 0.717) is 49.7 Å². The Labute approximate surface area is 208 Å². The lowest BCUT2D eigenvalue weighted by Gasteiger charge is -2.39. The Morgan fingerprint density at radius 1 is 1.20 bits per heavy atom. The number of anilines is 1. The number of nitrogens with one attached hydrogen (secondary N) is 1. The molecular formula is C27H24ClFN4O2. The molecule has 0 saturated carbocycles. The van der Waals surface area contributed by atoms with Crippen LogP contribution in [-0.4, -0.2) is 41.5 Å². The number of nitrogens with zero attached hydrogens (tertiary/aromatic N) is 3. The summed E-state index contributed by atoms with van der Waals surface area (Å²) in [5.41, 5.74) is 2.78. The van der Waals surface area contributed by atoms with E-state index in [2.05, 4.69) is 16.4 Å². The number of halogens is 2. The second kappa shape index (κ2) is 9.55. The van der Waals surface area contributed by atoms with Crippen molar-refractivity contribution in [1.82, 2.24) is 9.88 Å². The molecule has 1 fully saturated rings. The van der Waals surface area contributed by atoms with Gasteiger partial charge in [-0.2, -0.15) is 5.26 Å². The van der Waals surface area contributed by atoms with Crippen LogP contribution in [-0.2, 0) is 11.2 Å². The van der Waals surface area contributed by atoms with Gasteiger partial charge in [0.2, 0.25) is 0 Å². The molecule has 0 bridgehead atoms. The number of hydrogen-bond acceptors (Lipinski definition) is 5. The highest BCUT2D eigenvalue weighted by Crippen LogP contribution is 2.42. The summed E-state index contributed by atoms with van der Waals surface area (Å²) >= 11 is 6.33. The number of piperidine rings is 1. The fourth-order valence-electron chi connectivity index (χ4n) is 4.80. The average Bonchev–Trinajstić information content (AvgIpc) is 2.90. The fraction of sp³-hybridized carbons (Fsp3) is 0.296. The maximum Gasteiger partial charge on any atom is 0.265 e. The lowest BCUT2D eigenvalue weighted by molar-refractivity contribution is -0.140. The van der Waals surface area contributed by atoms with Gasteiger partial charge < -0.3 is 15.0 Å². The third-order valence-corrected chi connectivity index (χ3v) is 7.00. The third-order valence-electron chi connectivity index (χ3n) is 6.78. The Morgan fingerprint density at radius 3 is 2.60 bits per heavy atom. The number of carbonyl (C=O) groups is 1. The zero-order chi connectivity index (χ0) is 24.4. The molecule has 3 heterocycles. The summed E-state index contributed by atoms with van der Waals surface area (Å²) in [6.45, 7) is 1.27. The van der Waals surface area contributed by atoms with Crippen LogP contribution in [0.15, 0.2) is 60.9 Å². The molecule has 1 N–H and O–H groups in total. The first-order chi connectivity index (χ1) is 17.0. The lowest BCUT2D eigenvalue weighted by Crippen LogP contribution is -2.51. The molecule has 1 aromatic heterocycles. The second-order valence-corrected chi connectivity index (χ2v) is 9.51. The van der Waals surface area contributed by atoms with Gasteiger partial charge in [-0.15, -0.1) is 0 Å². The number of benzene rings is 2. The quantitative estimate of drug-likeness (QED) is 0.551. The number of nitriles is 1. The van der Waals surface area contributed by atoms with Crippen LogP contribution in [0.2, 0.25) is 5.02 Å². The summed E-state index contributed by atoms with van der Waals surface area (Å²) in [6, 6.07) is 16.1. The molecule has 2 aromatic carbocycles. The van der Waals surface area contributed by atoms with E-state index in [4.69, 9.17) is 16.3 Å².